The molecule has 37 heavy (non-hydrogen) atoms. The summed E-state index contributed by atoms with van der Waals surface area (Å²) < 4.78 is 12.4. The average Bonchev–Trinajstić information content (AvgIpc) is 2.92. The lowest BCUT2D eigenvalue weighted by Gasteiger charge is -2.57. The molecule has 0 unspecified atom stereocenters. The molecule has 0 aliphatic heterocycles. The van der Waals surface area contributed by atoms with Gasteiger partial charge in [-0.2, -0.15) is 0 Å². The molecule has 4 aliphatic rings. The lowest BCUT2D eigenvalue weighted by Crippen LogP contribution is -2.48. The number of hydrogen-bond acceptors (Lipinski definition) is 3. The molecule has 0 heterocycles. The number of carbonyl (C=O) groups excluding carboxylic acids is 1. The fraction of sp³-hybridized carbons (Fsp3) is 0.324. The van der Waals surface area contributed by atoms with Gasteiger partial charge in [0.2, 0.25) is 0 Å². The van der Waals surface area contributed by atoms with Gasteiger partial charge in [-0.05, 0) is 114 Å². The zero-order chi connectivity index (χ0) is 24.8. The fourth-order valence-electron chi connectivity index (χ4n) is 7.77. The molecule has 4 aromatic carbocycles. The van der Waals surface area contributed by atoms with Crippen molar-refractivity contribution in [3.05, 3.63) is 108 Å². The summed E-state index contributed by atoms with van der Waals surface area (Å²) in [5.41, 5.74) is 3.30. The van der Waals surface area contributed by atoms with E-state index >= 15 is 0 Å². The summed E-state index contributed by atoms with van der Waals surface area (Å²) in [6.07, 6.45) is 8.05. The largest absolute Gasteiger partial charge is 0.489 e. The Balaban J connectivity index is 1.26. The van der Waals surface area contributed by atoms with Gasteiger partial charge in [-0.15, -0.1) is 0 Å². The highest BCUT2D eigenvalue weighted by Gasteiger charge is 2.52. The van der Waals surface area contributed by atoms with Gasteiger partial charge in [0.25, 0.3) is 0 Å². The molecular weight excluding hydrogens is 456 g/mol. The van der Waals surface area contributed by atoms with Crippen molar-refractivity contribution in [1.82, 2.24) is 0 Å². The molecule has 8 rings (SSSR count). The zero-order valence-electron chi connectivity index (χ0n) is 21.1. The summed E-state index contributed by atoms with van der Waals surface area (Å²) in [6, 6.07) is 30.1. The van der Waals surface area contributed by atoms with Crippen molar-refractivity contribution in [3.63, 3.8) is 0 Å². The molecule has 0 radical (unpaired) electrons. The standard InChI is InChI=1S/C34H32O3/c35-33(27-9-5-2-6-10-27)37-30-12-11-28-18-32(36-22-23-7-3-1-4-8-23)31(17-29(28)16-30)34-19-24-13-25(20-34)15-26(14-24)21-34/h1-12,16-18,24-26H,13-15,19-22H2. The Morgan fingerprint density at radius 3 is 2.05 bits per heavy atom. The number of carbonyl (C=O) groups is 1. The molecule has 0 amide bonds. The van der Waals surface area contributed by atoms with E-state index in [9.17, 15) is 4.79 Å². The third-order valence-electron chi connectivity index (χ3n) is 8.98. The third kappa shape index (κ3) is 4.31. The highest BCUT2D eigenvalue weighted by Crippen LogP contribution is 2.62. The van der Waals surface area contributed by atoms with Crippen molar-refractivity contribution in [1.29, 1.82) is 0 Å². The maximum absolute atomic E-state index is 12.7. The van der Waals surface area contributed by atoms with E-state index in [-0.39, 0.29) is 11.4 Å². The molecule has 0 atom stereocenters. The van der Waals surface area contributed by atoms with Crippen LogP contribution >= 0.6 is 0 Å². The summed E-state index contributed by atoms with van der Waals surface area (Å²) in [5.74, 6) is 3.82. The van der Waals surface area contributed by atoms with Crippen LogP contribution in [0.2, 0.25) is 0 Å². The number of esters is 1. The summed E-state index contributed by atoms with van der Waals surface area (Å²) >= 11 is 0. The van der Waals surface area contributed by atoms with Crippen LogP contribution in [-0.4, -0.2) is 5.97 Å². The fourth-order valence-corrected chi connectivity index (χ4v) is 7.77. The predicted octanol–water partition coefficient (Wildman–Crippen LogP) is 8.11. The van der Waals surface area contributed by atoms with E-state index in [1.54, 1.807) is 12.1 Å². The minimum absolute atomic E-state index is 0.200. The van der Waals surface area contributed by atoms with Gasteiger partial charge in [0.1, 0.15) is 18.1 Å². The Labute approximate surface area is 218 Å². The summed E-state index contributed by atoms with van der Waals surface area (Å²) in [6.45, 7) is 0.568. The van der Waals surface area contributed by atoms with Crippen molar-refractivity contribution in [2.24, 2.45) is 17.8 Å². The molecule has 4 aromatic rings. The van der Waals surface area contributed by atoms with Gasteiger partial charge in [-0.25, -0.2) is 4.79 Å². The maximum Gasteiger partial charge on any atom is 0.343 e. The van der Waals surface area contributed by atoms with Crippen LogP contribution in [0, 0.1) is 17.8 Å². The van der Waals surface area contributed by atoms with Crippen LogP contribution < -0.4 is 9.47 Å². The van der Waals surface area contributed by atoms with Crippen molar-refractivity contribution in [3.8, 4) is 11.5 Å². The molecule has 4 aliphatic carbocycles. The quantitative estimate of drug-likeness (QED) is 0.203. The van der Waals surface area contributed by atoms with Gasteiger partial charge >= 0.3 is 5.97 Å². The van der Waals surface area contributed by atoms with E-state index in [2.05, 4.69) is 36.4 Å². The molecule has 4 saturated carbocycles. The highest BCUT2D eigenvalue weighted by molar-refractivity contribution is 5.92. The third-order valence-corrected chi connectivity index (χ3v) is 8.98. The van der Waals surface area contributed by atoms with Crippen LogP contribution in [0.5, 0.6) is 11.5 Å². The van der Waals surface area contributed by atoms with Crippen LogP contribution in [0.1, 0.15) is 60.0 Å². The SMILES string of the molecule is O=C(Oc1ccc2cc(OCc3ccccc3)c(C34CC5CC(CC(C5)C3)C4)cc2c1)c1ccccc1. The van der Waals surface area contributed by atoms with Crippen LogP contribution in [0.3, 0.4) is 0 Å². The van der Waals surface area contributed by atoms with Gasteiger partial charge in [-0.1, -0.05) is 54.6 Å². The average molecular weight is 489 g/mol. The number of rotatable bonds is 6. The lowest BCUT2D eigenvalue weighted by molar-refractivity contribution is -0.00640. The van der Waals surface area contributed by atoms with Crippen molar-refractivity contribution in [2.75, 3.05) is 0 Å². The van der Waals surface area contributed by atoms with Crippen molar-refractivity contribution < 1.29 is 14.3 Å². The Morgan fingerprint density at radius 2 is 1.38 bits per heavy atom. The normalized spacial score (nSPS) is 25.8. The smallest absolute Gasteiger partial charge is 0.343 e. The van der Waals surface area contributed by atoms with E-state index in [1.807, 2.05) is 42.5 Å². The monoisotopic (exact) mass is 488 g/mol. The number of hydrogen-bond donors (Lipinski definition) is 0. The van der Waals surface area contributed by atoms with Gasteiger partial charge in [0.15, 0.2) is 0 Å². The maximum atomic E-state index is 12.7. The predicted molar refractivity (Wildman–Crippen MR) is 146 cm³/mol. The minimum atomic E-state index is -0.330. The minimum Gasteiger partial charge on any atom is -0.489 e. The number of ether oxygens (including phenoxy) is 2. The molecule has 3 heteroatoms. The van der Waals surface area contributed by atoms with E-state index in [1.165, 1.54) is 49.7 Å². The molecule has 4 bridgehead atoms. The second-order valence-electron chi connectivity index (χ2n) is 11.6. The number of fused-ring (bicyclic) bond motifs is 1. The zero-order valence-corrected chi connectivity index (χ0v) is 21.1. The van der Waals surface area contributed by atoms with Gasteiger partial charge < -0.3 is 9.47 Å². The summed E-state index contributed by atoms with van der Waals surface area (Å²) in [5, 5.41) is 2.22. The summed E-state index contributed by atoms with van der Waals surface area (Å²) in [4.78, 5) is 12.7. The van der Waals surface area contributed by atoms with Gasteiger partial charge in [0, 0.05) is 5.56 Å². The van der Waals surface area contributed by atoms with Crippen molar-refractivity contribution in [2.45, 2.75) is 50.5 Å². The Bertz CT molecular complexity index is 1410. The second kappa shape index (κ2) is 9.06. The van der Waals surface area contributed by atoms with Crippen LogP contribution in [-0.2, 0) is 12.0 Å². The van der Waals surface area contributed by atoms with Crippen LogP contribution in [0.15, 0.2) is 91.0 Å². The summed E-state index contributed by atoms with van der Waals surface area (Å²) in [7, 11) is 0. The van der Waals surface area contributed by atoms with E-state index in [4.69, 9.17) is 9.47 Å². The molecule has 0 aromatic heterocycles. The Morgan fingerprint density at radius 1 is 0.730 bits per heavy atom. The van der Waals surface area contributed by atoms with E-state index in [0.29, 0.717) is 17.9 Å². The van der Waals surface area contributed by atoms with E-state index < -0.39 is 0 Å². The first kappa shape index (κ1) is 22.6. The molecule has 0 N–H and O–H groups in total. The Hall–Kier alpha value is -3.59. The van der Waals surface area contributed by atoms with Gasteiger partial charge in [-0.3, -0.25) is 0 Å². The molecule has 0 spiro atoms. The van der Waals surface area contributed by atoms with Crippen LogP contribution in [0.25, 0.3) is 10.8 Å². The topological polar surface area (TPSA) is 35.5 Å². The first-order valence-corrected chi connectivity index (χ1v) is 13.7. The lowest BCUT2D eigenvalue weighted by atomic mass is 9.48. The molecule has 3 nitrogen and oxygen atoms in total. The second-order valence-corrected chi connectivity index (χ2v) is 11.6. The number of benzene rings is 4. The first-order chi connectivity index (χ1) is 18.1. The molecule has 0 saturated heterocycles. The molecule has 4 fully saturated rings. The highest BCUT2D eigenvalue weighted by atomic mass is 16.5. The van der Waals surface area contributed by atoms with Crippen LogP contribution in [0.4, 0.5) is 0 Å². The van der Waals surface area contributed by atoms with E-state index in [0.717, 1.165) is 34.3 Å². The van der Waals surface area contributed by atoms with Gasteiger partial charge in [0.05, 0.1) is 5.56 Å². The molecule has 186 valence electrons. The van der Waals surface area contributed by atoms with Crippen molar-refractivity contribution >= 4 is 16.7 Å². The Kier molecular flexibility index (Phi) is 5.53. The first-order valence-electron chi connectivity index (χ1n) is 13.7. The molecular formula is C34H32O3.